The van der Waals surface area contributed by atoms with Crippen molar-refractivity contribution in [3.8, 4) is 0 Å². The number of hydrogen-bond acceptors (Lipinski definition) is 3. The molecule has 0 bridgehead atoms. The summed E-state index contributed by atoms with van der Waals surface area (Å²) in [5, 5.41) is 3.60. The monoisotopic (exact) mass is 281 g/mol. The number of rotatable bonds is 5. The van der Waals surface area contributed by atoms with Crippen molar-refractivity contribution in [3.05, 3.63) is 0 Å². The van der Waals surface area contributed by atoms with E-state index in [0.29, 0.717) is 6.04 Å². The molecule has 2 fully saturated rings. The van der Waals surface area contributed by atoms with Gasteiger partial charge < -0.3 is 5.32 Å². The van der Waals surface area contributed by atoms with Crippen LogP contribution >= 0.6 is 0 Å². The highest BCUT2D eigenvalue weighted by atomic mass is 15.3. The molecule has 1 aliphatic heterocycles. The Balaban J connectivity index is 1.96. The first-order valence-electron chi connectivity index (χ1n) is 8.84. The highest BCUT2D eigenvalue weighted by molar-refractivity contribution is 4.93. The van der Waals surface area contributed by atoms with E-state index in [0.717, 1.165) is 18.0 Å². The van der Waals surface area contributed by atoms with Gasteiger partial charge in [-0.3, -0.25) is 9.80 Å². The molecule has 1 N–H and O–H groups in total. The standard InChI is InChI=1S/C17H35N3/c1-5-7-15-8-9-16(18-4)17(12-15)20-11-10-19(6-2)14(3)13-20/h14-18H,5-13H2,1-4H3. The third-order valence-electron chi connectivity index (χ3n) is 5.66. The number of hydrogen-bond donors (Lipinski definition) is 1. The molecule has 118 valence electrons. The number of nitrogens with zero attached hydrogens (tertiary/aromatic N) is 2. The van der Waals surface area contributed by atoms with Gasteiger partial charge in [-0.15, -0.1) is 0 Å². The second-order valence-corrected chi connectivity index (χ2v) is 6.90. The van der Waals surface area contributed by atoms with Gasteiger partial charge in [0.1, 0.15) is 0 Å². The van der Waals surface area contributed by atoms with Crippen molar-refractivity contribution < 1.29 is 0 Å². The van der Waals surface area contributed by atoms with Gasteiger partial charge >= 0.3 is 0 Å². The molecule has 0 aromatic carbocycles. The SMILES string of the molecule is CCCC1CCC(NC)C(N2CCN(CC)C(C)C2)C1. The first kappa shape index (κ1) is 16.3. The number of nitrogens with one attached hydrogen (secondary N) is 1. The third kappa shape index (κ3) is 3.75. The Morgan fingerprint density at radius 1 is 1.15 bits per heavy atom. The zero-order chi connectivity index (χ0) is 14.5. The van der Waals surface area contributed by atoms with Crippen molar-refractivity contribution >= 4 is 0 Å². The maximum atomic E-state index is 3.60. The summed E-state index contributed by atoms with van der Waals surface area (Å²) in [6.45, 7) is 12.0. The van der Waals surface area contributed by atoms with Gasteiger partial charge in [0.05, 0.1) is 0 Å². The highest BCUT2D eigenvalue weighted by Crippen LogP contribution is 2.32. The Morgan fingerprint density at radius 2 is 1.95 bits per heavy atom. The second kappa shape index (κ2) is 7.77. The average molecular weight is 281 g/mol. The van der Waals surface area contributed by atoms with E-state index in [1.807, 2.05) is 0 Å². The van der Waals surface area contributed by atoms with E-state index in [-0.39, 0.29) is 0 Å². The van der Waals surface area contributed by atoms with Crippen LogP contribution in [0.1, 0.15) is 52.9 Å². The summed E-state index contributed by atoms with van der Waals surface area (Å²) in [7, 11) is 2.16. The van der Waals surface area contributed by atoms with Crippen LogP contribution < -0.4 is 5.32 Å². The molecule has 0 aromatic heterocycles. The van der Waals surface area contributed by atoms with E-state index in [4.69, 9.17) is 0 Å². The quantitative estimate of drug-likeness (QED) is 0.835. The fraction of sp³-hybridized carbons (Fsp3) is 1.00. The van der Waals surface area contributed by atoms with E-state index < -0.39 is 0 Å². The van der Waals surface area contributed by atoms with Crippen LogP contribution in [-0.4, -0.2) is 61.2 Å². The third-order valence-corrected chi connectivity index (χ3v) is 5.66. The summed E-state index contributed by atoms with van der Waals surface area (Å²) in [6, 6.07) is 2.20. The molecule has 4 unspecified atom stereocenters. The molecule has 0 aromatic rings. The van der Waals surface area contributed by atoms with E-state index in [1.54, 1.807) is 0 Å². The predicted octanol–water partition coefficient (Wildman–Crippen LogP) is 2.57. The van der Waals surface area contributed by atoms with Gasteiger partial charge in [-0.05, 0) is 45.7 Å². The van der Waals surface area contributed by atoms with Crippen LogP contribution in [0.15, 0.2) is 0 Å². The fourth-order valence-electron chi connectivity index (χ4n) is 4.44. The summed E-state index contributed by atoms with van der Waals surface area (Å²) >= 11 is 0. The zero-order valence-corrected chi connectivity index (χ0v) is 14.1. The Labute approximate surface area is 126 Å². The van der Waals surface area contributed by atoms with Gasteiger partial charge in [0.2, 0.25) is 0 Å². The van der Waals surface area contributed by atoms with Crippen LogP contribution in [0.3, 0.4) is 0 Å². The van der Waals surface area contributed by atoms with Gasteiger partial charge in [0, 0.05) is 37.8 Å². The van der Waals surface area contributed by atoms with Crippen molar-refractivity contribution in [2.45, 2.75) is 71.0 Å². The highest BCUT2D eigenvalue weighted by Gasteiger charge is 2.35. The number of piperazine rings is 1. The minimum atomic E-state index is 0.712. The molecule has 2 rings (SSSR count). The first-order chi connectivity index (χ1) is 9.69. The Bertz CT molecular complexity index is 281. The molecule has 1 aliphatic carbocycles. The molecule has 0 radical (unpaired) electrons. The van der Waals surface area contributed by atoms with Crippen LogP contribution in [0.2, 0.25) is 0 Å². The van der Waals surface area contributed by atoms with E-state index in [2.05, 4.69) is 42.9 Å². The molecule has 1 heterocycles. The lowest BCUT2D eigenvalue weighted by molar-refractivity contribution is 0.0234. The molecule has 0 amide bonds. The summed E-state index contributed by atoms with van der Waals surface area (Å²) in [6.07, 6.45) is 6.99. The molecule has 3 heteroatoms. The van der Waals surface area contributed by atoms with Gasteiger partial charge in [-0.2, -0.15) is 0 Å². The molecule has 20 heavy (non-hydrogen) atoms. The zero-order valence-electron chi connectivity index (χ0n) is 14.1. The van der Waals surface area contributed by atoms with Crippen molar-refractivity contribution in [1.82, 2.24) is 15.1 Å². The van der Waals surface area contributed by atoms with Crippen molar-refractivity contribution in [2.24, 2.45) is 5.92 Å². The van der Waals surface area contributed by atoms with Gasteiger partial charge in [0.25, 0.3) is 0 Å². The van der Waals surface area contributed by atoms with Crippen LogP contribution in [0, 0.1) is 5.92 Å². The van der Waals surface area contributed by atoms with E-state index in [1.165, 1.54) is 58.3 Å². The van der Waals surface area contributed by atoms with Crippen LogP contribution in [0.4, 0.5) is 0 Å². The van der Waals surface area contributed by atoms with Crippen molar-refractivity contribution in [2.75, 3.05) is 33.2 Å². The summed E-state index contributed by atoms with van der Waals surface area (Å²) in [5.41, 5.74) is 0. The topological polar surface area (TPSA) is 18.5 Å². The maximum absolute atomic E-state index is 3.60. The minimum absolute atomic E-state index is 0.712. The predicted molar refractivity (Wildman–Crippen MR) is 87.2 cm³/mol. The van der Waals surface area contributed by atoms with E-state index >= 15 is 0 Å². The molecule has 1 saturated carbocycles. The fourth-order valence-corrected chi connectivity index (χ4v) is 4.44. The Morgan fingerprint density at radius 3 is 2.55 bits per heavy atom. The van der Waals surface area contributed by atoms with Gasteiger partial charge in [0.15, 0.2) is 0 Å². The smallest absolute Gasteiger partial charge is 0.0253 e. The van der Waals surface area contributed by atoms with Gasteiger partial charge in [-0.25, -0.2) is 0 Å². The van der Waals surface area contributed by atoms with Crippen LogP contribution in [0.5, 0.6) is 0 Å². The molecule has 0 spiro atoms. The maximum Gasteiger partial charge on any atom is 0.0253 e. The Hall–Kier alpha value is -0.120. The minimum Gasteiger partial charge on any atom is -0.315 e. The molecule has 4 atom stereocenters. The normalized spacial score (nSPS) is 37.2. The molecular weight excluding hydrogens is 246 g/mol. The summed E-state index contributed by atoms with van der Waals surface area (Å²) < 4.78 is 0. The molecular formula is C17H35N3. The lowest BCUT2D eigenvalue weighted by Gasteiger charge is -2.48. The second-order valence-electron chi connectivity index (χ2n) is 6.90. The van der Waals surface area contributed by atoms with Crippen LogP contribution in [0.25, 0.3) is 0 Å². The van der Waals surface area contributed by atoms with Crippen molar-refractivity contribution in [1.29, 1.82) is 0 Å². The summed E-state index contributed by atoms with van der Waals surface area (Å²) in [4.78, 5) is 5.41. The largest absolute Gasteiger partial charge is 0.315 e. The van der Waals surface area contributed by atoms with E-state index in [9.17, 15) is 0 Å². The van der Waals surface area contributed by atoms with Crippen LogP contribution in [-0.2, 0) is 0 Å². The Kier molecular flexibility index (Phi) is 6.31. The summed E-state index contributed by atoms with van der Waals surface area (Å²) in [5.74, 6) is 0.967. The average Bonchev–Trinajstić information content (AvgIpc) is 2.47. The lowest BCUT2D eigenvalue weighted by Crippen LogP contribution is -2.60. The van der Waals surface area contributed by atoms with Crippen molar-refractivity contribution in [3.63, 3.8) is 0 Å². The molecule has 3 nitrogen and oxygen atoms in total. The van der Waals surface area contributed by atoms with Gasteiger partial charge in [-0.1, -0.05) is 26.7 Å². The molecule has 1 saturated heterocycles. The number of likely N-dealkylation sites (N-methyl/N-ethyl adjacent to an activating group) is 2. The molecule has 2 aliphatic rings. The first-order valence-corrected chi connectivity index (χ1v) is 8.84. The lowest BCUT2D eigenvalue weighted by atomic mass is 9.79.